The summed E-state index contributed by atoms with van der Waals surface area (Å²) in [5, 5.41) is 7.25. The van der Waals surface area contributed by atoms with E-state index in [0.717, 1.165) is 11.1 Å². The predicted molar refractivity (Wildman–Crippen MR) is 94.3 cm³/mol. The van der Waals surface area contributed by atoms with Crippen LogP contribution in [0.25, 0.3) is 5.57 Å². The van der Waals surface area contributed by atoms with Crippen LogP contribution in [-0.4, -0.2) is 6.21 Å². The van der Waals surface area contributed by atoms with E-state index in [-0.39, 0.29) is 0 Å². The van der Waals surface area contributed by atoms with Crippen molar-refractivity contribution in [3.8, 4) is 0 Å². The lowest BCUT2D eigenvalue weighted by Gasteiger charge is -2.04. The van der Waals surface area contributed by atoms with Crippen LogP contribution < -0.4 is 0 Å². The lowest BCUT2D eigenvalue weighted by Crippen LogP contribution is -1.87. The standard InChI is InChI=1S/C12H15N.C8H10/c1-4-11(8-13)12-6-9(2)5-10(3)7-12;1-7-5-3-4-6-8(7)2/h4-8,13H,1-3H3;3-6H,1-2H3/b11-4+,13-8?;. The molecule has 0 aliphatic rings. The Labute approximate surface area is 128 Å². The van der Waals surface area contributed by atoms with Crippen LogP contribution >= 0.6 is 0 Å². The van der Waals surface area contributed by atoms with Gasteiger partial charge in [0.25, 0.3) is 0 Å². The highest BCUT2D eigenvalue weighted by atomic mass is 14.3. The molecule has 110 valence electrons. The van der Waals surface area contributed by atoms with E-state index in [1.54, 1.807) is 0 Å². The maximum absolute atomic E-state index is 7.25. The van der Waals surface area contributed by atoms with Crippen molar-refractivity contribution in [3.63, 3.8) is 0 Å². The van der Waals surface area contributed by atoms with Crippen molar-refractivity contribution in [2.75, 3.05) is 0 Å². The molecule has 1 nitrogen and oxygen atoms in total. The van der Waals surface area contributed by atoms with Crippen LogP contribution in [0.4, 0.5) is 0 Å². The van der Waals surface area contributed by atoms with Gasteiger partial charge in [0.15, 0.2) is 0 Å². The van der Waals surface area contributed by atoms with E-state index in [0.29, 0.717) is 0 Å². The molecule has 0 fully saturated rings. The van der Waals surface area contributed by atoms with Gasteiger partial charge in [-0.15, -0.1) is 0 Å². The summed E-state index contributed by atoms with van der Waals surface area (Å²) >= 11 is 0. The minimum atomic E-state index is 0.979. The molecule has 0 saturated heterocycles. The van der Waals surface area contributed by atoms with Gasteiger partial charge in [-0.1, -0.05) is 59.7 Å². The van der Waals surface area contributed by atoms with Gasteiger partial charge >= 0.3 is 0 Å². The van der Waals surface area contributed by atoms with Gasteiger partial charge in [0.05, 0.1) is 0 Å². The second-order valence-corrected chi connectivity index (χ2v) is 5.35. The number of aryl methyl sites for hydroxylation is 4. The molecule has 0 aromatic heterocycles. The second-order valence-electron chi connectivity index (χ2n) is 5.35. The van der Waals surface area contributed by atoms with Crippen molar-refractivity contribution in [3.05, 3.63) is 76.4 Å². The third-order valence-corrected chi connectivity index (χ3v) is 3.45. The average Bonchev–Trinajstić information content (AvgIpc) is 2.43. The third-order valence-electron chi connectivity index (χ3n) is 3.45. The fraction of sp³-hybridized carbons (Fsp3) is 0.250. The van der Waals surface area contributed by atoms with Gasteiger partial charge < -0.3 is 5.41 Å². The van der Waals surface area contributed by atoms with Crippen LogP contribution in [0, 0.1) is 33.1 Å². The molecule has 0 saturated carbocycles. The lowest BCUT2D eigenvalue weighted by atomic mass is 10.0. The first-order valence-electron chi connectivity index (χ1n) is 7.25. The summed E-state index contributed by atoms with van der Waals surface area (Å²) < 4.78 is 0. The number of nitrogens with one attached hydrogen (secondary N) is 1. The Hall–Kier alpha value is -2.15. The van der Waals surface area contributed by atoms with Crippen molar-refractivity contribution in [1.82, 2.24) is 0 Å². The lowest BCUT2D eigenvalue weighted by molar-refractivity contribution is 1.34. The first kappa shape index (κ1) is 16.9. The Balaban J connectivity index is 0.000000235. The van der Waals surface area contributed by atoms with Gasteiger partial charge in [0.1, 0.15) is 0 Å². The van der Waals surface area contributed by atoms with Crippen molar-refractivity contribution >= 4 is 11.8 Å². The highest BCUT2D eigenvalue weighted by molar-refractivity contribution is 6.08. The van der Waals surface area contributed by atoms with E-state index < -0.39 is 0 Å². The molecular formula is C20H25N. The van der Waals surface area contributed by atoms with E-state index in [1.165, 1.54) is 28.5 Å². The Kier molecular flexibility index (Phi) is 6.61. The minimum Gasteiger partial charge on any atom is -0.308 e. The predicted octanol–water partition coefficient (Wildman–Crippen LogP) is 5.66. The number of hydrogen-bond acceptors (Lipinski definition) is 1. The molecule has 0 aliphatic heterocycles. The fourth-order valence-electron chi connectivity index (χ4n) is 2.14. The summed E-state index contributed by atoms with van der Waals surface area (Å²) in [6.45, 7) is 10.4. The van der Waals surface area contributed by atoms with Gasteiger partial charge in [-0.05, 0) is 56.9 Å². The zero-order chi connectivity index (χ0) is 15.8. The van der Waals surface area contributed by atoms with Crippen LogP contribution in [0.2, 0.25) is 0 Å². The molecule has 0 amide bonds. The molecule has 0 aliphatic carbocycles. The fourth-order valence-corrected chi connectivity index (χ4v) is 2.14. The van der Waals surface area contributed by atoms with Crippen molar-refractivity contribution in [2.45, 2.75) is 34.6 Å². The quantitative estimate of drug-likeness (QED) is 0.686. The summed E-state index contributed by atoms with van der Waals surface area (Å²) in [4.78, 5) is 0. The largest absolute Gasteiger partial charge is 0.308 e. The van der Waals surface area contributed by atoms with Crippen LogP contribution in [0.3, 0.4) is 0 Å². The normalized spacial score (nSPS) is 10.6. The molecule has 2 aromatic rings. The first-order chi connectivity index (χ1) is 9.97. The van der Waals surface area contributed by atoms with Crippen LogP contribution in [-0.2, 0) is 0 Å². The maximum atomic E-state index is 7.25. The molecule has 0 spiro atoms. The molecular weight excluding hydrogens is 254 g/mol. The average molecular weight is 279 g/mol. The monoisotopic (exact) mass is 279 g/mol. The molecule has 1 N–H and O–H groups in total. The zero-order valence-corrected chi connectivity index (χ0v) is 13.7. The van der Waals surface area contributed by atoms with Gasteiger partial charge in [-0.25, -0.2) is 0 Å². The topological polar surface area (TPSA) is 23.9 Å². The van der Waals surface area contributed by atoms with Gasteiger partial charge in [-0.2, -0.15) is 0 Å². The number of benzene rings is 2. The Morgan fingerprint density at radius 2 is 1.33 bits per heavy atom. The van der Waals surface area contributed by atoms with Gasteiger partial charge in [-0.3, -0.25) is 0 Å². The van der Waals surface area contributed by atoms with Crippen LogP contribution in [0.1, 0.15) is 34.7 Å². The molecule has 21 heavy (non-hydrogen) atoms. The smallest absolute Gasteiger partial charge is 0.0253 e. The third kappa shape index (κ3) is 5.39. The van der Waals surface area contributed by atoms with Gasteiger partial charge in [0, 0.05) is 6.21 Å². The highest BCUT2D eigenvalue weighted by Crippen LogP contribution is 2.16. The molecule has 1 heteroatoms. The summed E-state index contributed by atoms with van der Waals surface area (Å²) in [6, 6.07) is 14.7. The number of allylic oxidation sites excluding steroid dienone is 2. The molecule has 2 rings (SSSR count). The Morgan fingerprint density at radius 1 is 0.857 bits per heavy atom. The molecule has 0 bridgehead atoms. The van der Waals surface area contributed by atoms with Crippen molar-refractivity contribution in [1.29, 1.82) is 5.41 Å². The Morgan fingerprint density at radius 3 is 1.67 bits per heavy atom. The number of rotatable bonds is 2. The molecule has 0 radical (unpaired) electrons. The molecule has 0 atom stereocenters. The summed E-state index contributed by atoms with van der Waals surface area (Å²) in [5.74, 6) is 0. The van der Waals surface area contributed by atoms with Crippen LogP contribution in [0.15, 0.2) is 48.5 Å². The van der Waals surface area contributed by atoms with Crippen molar-refractivity contribution in [2.24, 2.45) is 0 Å². The summed E-state index contributed by atoms with van der Waals surface area (Å²) in [6.07, 6.45) is 3.36. The first-order valence-corrected chi connectivity index (χ1v) is 7.25. The van der Waals surface area contributed by atoms with E-state index in [9.17, 15) is 0 Å². The highest BCUT2D eigenvalue weighted by Gasteiger charge is 1.98. The van der Waals surface area contributed by atoms with Crippen molar-refractivity contribution < 1.29 is 0 Å². The number of hydrogen-bond donors (Lipinski definition) is 1. The molecule has 0 unspecified atom stereocenters. The SMILES string of the molecule is C/C=C(\C=N)c1cc(C)cc(C)c1.Cc1ccccc1C. The van der Waals surface area contributed by atoms with Gasteiger partial charge in [0.2, 0.25) is 0 Å². The van der Waals surface area contributed by atoms with Crippen LogP contribution in [0.5, 0.6) is 0 Å². The summed E-state index contributed by atoms with van der Waals surface area (Å²) in [7, 11) is 0. The van der Waals surface area contributed by atoms with E-state index in [2.05, 4.69) is 70.2 Å². The Bertz CT molecular complexity index is 595. The molecule has 2 aromatic carbocycles. The second kappa shape index (κ2) is 8.21. The minimum absolute atomic E-state index is 0.979. The van der Waals surface area contributed by atoms with E-state index >= 15 is 0 Å². The van der Waals surface area contributed by atoms with E-state index in [1.807, 2.05) is 13.0 Å². The summed E-state index contributed by atoms with van der Waals surface area (Å²) in [5.41, 5.74) is 7.34. The molecule has 0 heterocycles. The van der Waals surface area contributed by atoms with E-state index in [4.69, 9.17) is 5.41 Å². The zero-order valence-electron chi connectivity index (χ0n) is 13.7. The maximum Gasteiger partial charge on any atom is 0.0253 e.